The Morgan fingerprint density at radius 2 is 1.72 bits per heavy atom. The number of methoxy groups -OCH3 is 1. The van der Waals surface area contributed by atoms with Crippen molar-refractivity contribution in [3.8, 4) is 28.8 Å². The van der Waals surface area contributed by atoms with Crippen molar-refractivity contribution in [3.63, 3.8) is 0 Å². The number of rotatable bonds is 14. The molecule has 2 bridgehead atoms. The summed E-state index contributed by atoms with van der Waals surface area (Å²) >= 11 is 0. The lowest BCUT2D eigenvalue weighted by atomic mass is 9.89. The Labute approximate surface area is 291 Å². The molecular weight excluding hydrogens is 638 g/mol. The smallest absolute Gasteiger partial charge is 0.256 e. The zero-order chi connectivity index (χ0) is 34.5. The van der Waals surface area contributed by atoms with E-state index >= 15 is 0 Å². The molecule has 7 rings (SSSR count). The van der Waals surface area contributed by atoms with E-state index in [0.29, 0.717) is 60.5 Å². The Bertz CT molecular complexity index is 1720. The number of hydrogen-bond acceptors (Lipinski definition) is 13. The van der Waals surface area contributed by atoms with Crippen LogP contribution in [0.15, 0.2) is 43.1 Å². The Morgan fingerprint density at radius 1 is 0.980 bits per heavy atom. The fourth-order valence-corrected chi connectivity index (χ4v) is 7.41. The first kappa shape index (κ1) is 33.8. The number of benzene rings is 1. The third kappa shape index (κ3) is 7.72. The van der Waals surface area contributed by atoms with Crippen molar-refractivity contribution in [1.29, 1.82) is 5.26 Å². The summed E-state index contributed by atoms with van der Waals surface area (Å²) in [6, 6.07) is 9.72. The minimum Gasteiger partial charge on any atom is -0.487 e. The van der Waals surface area contributed by atoms with Crippen LogP contribution in [0.25, 0.3) is 11.1 Å². The van der Waals surface area contributed by atoms with Gasteiger partial charge in [0.1, 0.15) is 29.9 Å². The first-order chi connectivity index (χ1) is 24.5. The van der Waals surface area contributed by atoms with E-state index in [2.05, 4.69) is 46.5 Å². The van der Waals surface area contributed by atoms with E-state index in [-0.39, 0.29) is 12.2 Å². The van der Waals surface area contributed by atoms with Crippen LogP contribution in [0.4, 0.5) is 11.6 Å². The number of nitrogens with zero attached hydrogens (tertiary/aromatic N) is 10. The van der Waals surface area contributed by atoms with E-state index in [9.17, 15) is 5.26 Å². The zero-order valence-corrected chi connectivity index (χ0v) is 28.9. The van der Waals surface area contributed by atoms with Gasteiger partial charge in [0, 0.05) is 49.6 Å². The van der Waals surface area contributed by atoms with E-state index in [1.54, 1.807) is 30.3 Å². The fourth-order valence-electron chi connectivity index (χ4n) is 7.41. The summed E-state index contributed by atoms with van der Waals surface area (Å²) < 4.78 is 27.2. The van der Waals surface area contributed by atoms with Crippen molar-refractivity contribution in [2.24, 2.45) is 0 Å². The topological polar surface area (TPSA) is 163 Å². The van der Waals surface area contributed by atoms with E-state index in [1.807, 2.05) is 32.2 Å². The Kier molecular flexibility index (Phi) is 10.5. The molecule has 2 saturated heterocycles. The van der Waals surface area contributed by atoms with Crippen molar-refractivity contribution in [2.45, 2.75) is 102 Å². The van der Waals surface area contributed by atoms with Gasteiger partial charge in [-0.1, -0.05) is 6.07 Å². The van der Waals surface area contributed by atoms with Crippen LogP contribution in [0, 0.1) is 11.3 Å². The molecular formula is C35H45N11O4. The van der Waals surface area contributed by atoms with Crippen molar-refractivity contribution in [3.05, 3.63) is 48.7 Å². The largest absolute Gasteiger partial charge is 0.487 e. The molecule has 5 heterocycles. The number of nitrogens with one attached hydrogen (secondary N) is 1. The maximum absolute atomic E-state index is 9.68. The monoisotopic (exact) mass is 683 g/mol. The van der Waals surface area contributed by atoms with Gasteiger partial charge in [0.2, 0.25) is 5.95 Å². The summed E-state index contributed by atoms with van der Waals surface area (Å²) in [4.78, 5) is 12.0. The highest BCUT2D eigenvalue weighted by atomic mass is 16.5. The first-order valence-corrected chi connectivity index (χ1v) is 17.6. The number of morpholine rings is 1. The highest BCUT2D eigenvalue weighted by Gasteiger charge is 2.42. The lowest BCUT2D eigenvalue weighted by molar-refractivity contribution is -0.0458. The predicted molar refractivity (Wildman–Crippen MR) is 183 cm³/mol. The third-order valence-corrected chi connectivity index (χ3v) is 10.1. The molecule has 3 aromatic heterocycles. The number of ether oxygens (including phenoxy) is 4. The molecule has 4 atom stereocenters. The number of hydrogen-bond donors (Lipinski definition) is 1. The van der Waals surface area contributed by atoms with Crippen LogP contribution in [0.3, 0.4) is 0 Å². The van der Waals surface area contributed by atoms with Gasteiger partial charge in [-0.05, 0) is 80.5 Å². The summed E-state index contributed by atoms with van der Waals surface area (Å²) in [5.74, 6) is 1.42. The molecule has 0 unspecified atom stereocenters. The number of anilines is 2. The maximum Gasteiger partial charge on any atom is 0.256 e. The minimum absolute atomic E-state index is 0.0810. The van der Waals surface area contributed by atoms with Gasteiger partial charge < -0.3 is 24.3 Å². The maximum atomic E-state index is 9.68. The van der Waals surface area contributed by atoms with Gasteiger partial charge >= 0.3 is 0 Å². The van der Waals surface area contributed by atoms with Crippen LogP contribution >= 0.6 is 0 Å². The van der Waals surface area contributed by atoms with Crippen molar-refractivity contribution in [1.82, 2.24) is 44.9 Å². The fraction of sp³-hybridized carbons (Fsp3) is 0.571. The lowest BCUT2D eigenvalue weighted by Gasteiger charge is -2.43. The molecule has 2 aliphatic heterocycles. The summed E-state index contributed by atoms with van der Waals surface area (Å²) in [5.41, 5.74) is 2.76. The molecule has 0 radical (unpaired) electrons. The van der Waals surface area contributed by atoms with Crippen LogP contribution in [-0.4, -0.2) is 102 Å². The van der Waals surface area contributed by atoms with E-state index in [1.165, 1.54) is 19.2 Å². The highest BCUT2D eigenvalue weighted by Crippen LogP contribution is 2.39. The number of tetrazole rings is 1. The standard InChI is InChI=1S/C35H45N11O4/c1-23(47-3)12-13-49-34-32(19-45(41-34)28-6-8-29(9-7-28)46-30-10-11-31(46)21-48-20-30)40-35-37-16-27(17-38-35)25-4-5-26(15-36)33(14-25)50-24(2)18-44-22-39-42-43-44/h4-5,14,16-17,19,22-24,28-31H,6-13,18,20-21H2,1-3H3,(H,37,38,40)/t23-,24-,28-,29-,30-,31+/m0/s1. The zero-order valence-electron chi connectivity index (χ0n) is 28.9. The van der Waals surface area contributed by atoms with Crippen LogP contribution in [0.5, 0.6) is 11.6 Å². The van der Waals surface area contributed by atoms with E-state index in [0.717, 1.165) is 62.1 Å². The molecule has 1 saturated carbocycles. The summed E-state index contributed by atoms with van der Waals surface area (Å²) in [5, 5.41) is 29.2. The van der Waals surface area contributed by atoms with Crippen LogP contribution < -0.4 is 14.8 Å². The van der Waals surface area contributed by atoms with Gasteiger partial charge in [-0.3, -0.25) is 9.58 Å². The number of nitriles is 1. The van der Waals surface area contributed by atoms with Gasteiger partial charge in [-0.2, -0.15) is 5.26 Å². The molecule has 1 aliphatic carbocycles. The predicted octanol–water partition coefficient (Wildman–Crippen LogP) is 4.56. The van der Waals surface area contributed by atoms with E-state index in [4.69, 9.17) is 24.0 Å². The summed E-state index contributed by atoms with van der Waals surface area (Å²) in [7, 11) is 1.71. The molecule has 3 aliphatic rings. The van der Waals surface area contributed by atoms with Crippen molar-refractivity contribution in [2.75, 3.05) is 32.2 Å². The molecule has 4 aromatic rings. The average molecular weight is 684 g/mol. The van der Waals surface area contributed by atoms with Crippen LogP contribution in [0.1, 0.15) is 70.4 Å². The highest BCUT2D eigenvalue weighted by molar-refractivity contribution is 5.67. The number of aromatic nitrogens is 8. The lowest BCUT2D eigenvalue weighted by Crippen LogP contribution is -2.52. The van der Waals surface area contributed by atoms with Gasteiger partial charge in [0.15, 0.2) is 0 Å². The Hall–Kier alpha value is -4.65. The van der Waals surface area contributed by atoms with E-state index < -0.39 is 0 Å². The quantitative estimate of drug-likeness (QED) is 0.197. The first-order valence-electron chi connectivity index (χ1n) is 17.6. The minimum atomic E-state index is -0.270. The second-order valence-electron chi connectivity index (χ2n) is 13.5. The SMILES string of the molecule is CO[C@@H](C)CCOc1nn([C@H]2CC[C@H](N3[C@@H]4CC[C@H]3COC4)CC2)cc1Nc1ncc(-c2ccc(C#N)c(O[C@@H](C)Cn3cnnn3)c2)cn1. The van der Waals surface area contributed by atoms with Crippen LogP contribution in [-0.2, 0) is 16.0 Å². The van der Waals surface area contributed by atoms with Gasteiger partial charge in [0.05, 0.1) is 50.3 Å². The summed E-state index contributed by atoms with van der Waals surface area (Å²) in [6.07, 6.45) is 14.6. The molecule has 15 heteroatoms. The Morgan fingerprint density at radius 3 is 2.42 bits per heavy atom. The molecule has 264 valence electrons. The third-order valence-electron chi connectivity index (χ3n) is 10.1. The molecule has 1 N–H and O–H groups in total. The molecule has 0 spiro atoms. The number of fused-ring (bicyclic) bond motifs is 2. The average Bonchev–Trinajstić information content (AvgIpc) is 3.86. The second kappa shape index (κ2) is 15.5. The second-order valence-corrected chi connectivity index (χ2v) is 13.5. The molecule has 1 aromatic carbocycles. The van der Waals surface area contributed by atoms with Crippen molar-refractivity contribution >= 4 is 11.6 Å². The van der Waals surface area contributed by atoms with Crippen LogP contribution in [0.2, 0.25) is 0 Å². The molecule has 3 fully saturated rings. The van der Waals surface area contributed by atoms with Gasteiger partial charge in [-0.15, -0.1) is 10.2 Å². The normalized spacial score (nSPS) is 23.2. The van der Waals surface area contributed by atoms with Gasteiger partial charge in [-0.25, -0.2) is 14.6 Å². The molecule has 0 amide bonds. The molecule has 50 heavy (non-hydrogen) atoms. The van der Waals surface area contributed by atoms with Gasteiger partial charge in [0.25, 0.3) is 5.88 Å². The Balaban J connectivity index is 1.03. The summed E-state index contributed by atoms with van der Waals surface area (Å²) in [6.45, 7) is 6.59. The molecule has 15 nitrogen and oxygen atoms in total. The van der Waals surface area contributed by atoms with Crippen molar-refractivity contribution < 1.29 is 18.9 Å².